The number of ether oxygens (including phenoxy) is 3. The largest absolute Gasteiger partial charge is 0.493 e. The summed E-state index contributed by atoms with van der Waals surface area (Å²) in [4.78, 5) is 4.09. The number of methoxy groups -OCH3 is 2. The quantitative estimate of drug-likeness (QED) is 0.811. The predicted molar refractivity (Wildman–Crippen MR) is 63.9 cm³/mol. The van der Waals surface area contributed by atoms with Gasteiger partial charge in [-0.3, -0.25) is 0 Å². The van der Waals surface area contributed by atoms with Gasteiger partial charge in [0.15, 0.2) is 11.5 Å². The van der Waals surface area contributed by atoms with E-state index in [9.17, 15) is 0 Å². The van der Waals surface area contributed by atoms with Crippen molar-refractivity contribution in [2.75, 3.05) is 14.2 Å². The zero-order valence-electron chi connectivity index (χ0n) is 9.71. The van der Waals surface area contributed by atoms with Gasteiger partial charge < -0.3 is 14.2 Å². The van der Waals surface area contributed by atoms with Gasteiger partial charge in [-0.15, -0.1) is 0 Å². The van der Waals surface area contributed by atoms with Crippen molar-refractivity contribution in [1.82, 2.24) is 4.98 Å². The highest BCUT2D eigenvalue weighted by Gasteiger charge is 2.11. The molecule has 0 spiro atoms. The van der Waals surface area contributed by atoms with Crippen LogP contribution in [0.3, 0.4) is 0 Å². The first-order valence-corrected chi connectivity index (χ1v) is 5.15. The van der Waals surface area contributed by atoms with Gasteiger partial charge >= 0.3 is 0 Å². The molecule has 0 fully saturated rings. The molecule has 0 N–H and O–H groups in total. The molecule has 4 nitrogen and oxygen atoms in total. The molecule has 0 saturated heterocycles. The lowest BCUT2D eigenvalue weighted by atomic mass is 10.3. The SMILES string of the molecule is COc1cccc(Oc2ccccn2)c1OC. The van der Waals surface area contributed by atoms with Gasteiger partial charge in [0, 0.05) is 12.3 Å². The Balaban J connectivity index is 2.33. The molecule has 2 rings (SSSR count). The van der Waals surface area contributed by atoms with Crippen LogP contribution in [0.4, 0.5) is 0 Å². The van der Waals surface area contributed by atoms with Crippen LogP contribution in [0.25, 0.3) is 0 Å². The van der Waals surface area contributed by atoms with E-state index in [1.165, 1.54) is 0 Å². The van der Waals surface area contributed by atoms with E-state index in [2.05, 4.69) is 4.98 Å². The lowest BCUT2D eigenvalue weighted by Gasteiger charge is -2.12. The molecule has 4 heteroatoms. The first-order chi connectivity index (χ1) is 8.35. The van der Waals surface area contributed by atoms with Crippen LogP contribution in [0.1, 0.15) is 0 Å². The smallest absolute Gasteiger partial charge is 0.219 e. The second-order valence-electron chi connectivity index (χ2n) is 3.26. The molecule has 0 aliphatic rings. The minimum atomic E-state index is 0.513. The van der Waals surface area contributed by atoms with Crippen molar-refractivity contribution in [3.05, 3.63) is 42.6 Å². The normalized spacial score (nSPS) is 9.76. The average Bonchev–Trinajstić information content (AvgIpc) is 2.39. The Morgan fingerprint density at radius 1 is 0.882 bits per heavy atom. The summed E-state index contributed by atoms with van der Waals surface area (Å²) < 4.78 is 16.1. The molecule has 1 aromatic carbocycles. The van der Waals surface area contributed by atoms with Crippen molar-refractivity contribution < 1.29 is 14.2 Å². The summed E-state index contributed by atoms with van der Waals surface area (Å²) in [7, 11) is 3.16. The molecule has 1 aromatic heterocycles. The van der Waals surface area contributed by atoms with E-state index in [-0.39, 0.29) is 0 Å². The van der Waals surface area contributed by atoms with E-state index in [0.717, 1.165) is 0 Å². The molecule has 0 radical (unpaired) electrons. The number of para-hydroxylation sites is 1. The van der Waals surface area contributed by atoms with Gasteiger partial charge in [-0.2, -0.15) is 0 Å². The minimum absolute atomic E-state index is 0.513. The predicted octanol–water partition coefficient (Wildman–Crippen LogP) is 2.89. The fourth-order valence-corrected chi connectivity index (χ4v) is 1.46. The van der Waals surface area contributed by atoms with Crippen LogP contribution < -0.4 is 14.2 Å². The topological polar surface area (TPSA) is 40.6 Å². The van der Waals surface area contributed by atoms with Crippen LogP contribution in [-0.4, -0.2) is 19.2 Å². The molecule has 1 heterocycles. The number of pyridine rings is 1. The first-order valence-electron chi connectivity index (χ1n) is 5.15. The summed E-state index contributed by atoms with van der Waals surface area (Å²) in [5, 5.41) is 0. The molecule has 0 aliphatic carbocycles. The van der Waals surface area contributed by atoms with Gasteiger partial charge in [-0.05, 0) is 18.2 Å². The fourth-order valence-electron chi connectivity index (χ4n) is 1.46. The molecular weight excluding hydrogens is 218 g/mol. The van der Waals surface area contributed by atoms with Crippen LogP contribution in [0, 0.1) is 0 Å². The van der Waals surface area contributed by atoms with E-state index in [0.29, 0.717) is 23.1 Å². The van der Waals surface area contributed by atoms with E-state index in [4.69, 9.17) is 14.2 Å². The monoisotopic (exact) mass is 231 g/mol. The number of benzene rings is 1. The Morgan fingerprint density at radius 3 is 2.35 bits per heavy atom. The van der Waals surface area contributed by atoms with E-state index < -0.39 is 0 Å². The summed E-state index contributed by atoms with van der Waals surface area (Å²) in [5.41, 5.74) is 0. The Bertz CT molecular complexity index is 485. The molecule has 0 bridgehead atoms. The summed E-state index contributed by atoms with van der Waals surface area (Å²) in [5.74, 6) is 2.27. The minimum Gasteiger partial charge on any atom is -0.493 e. The molecule has 88 valence electrons. The van der Waals surface area contributed by atoms with Crippen LogP contribution in [0.15, 0.2) is 42.6 Å². The van der Waals surface area contributed by atoms with Crippen LogP contribution >= 0.6 is 0 Å². The van der Waals surface area contributed by atoms with Crippen molar-refractivity contribution >= 4 is 0 Å². The molecule has 0 atom stereocenters. The zero-order valence-corrected chi connectivity index (χ0v) is 9.71. The van der Waals surface area contributed by atoms with Crippen molar-refractivity contribution in [3.63, 3.8) is 0 Å². The highest BCUT2D eigenvalue weighted by atomic mass is 16.5. The van der Waals surface area contributed by atoms with E-state index >= 15 is 0 Å². The molecule has 0 saturated carbocycles. The standard InChI is InChI=1S/C13H13NO3/c1-15-10-6-5-7-11(13(10)16-2)17-12-8-3-4-9-14-12/h3-9H,1-2H3. The average molecular weight is 231 g/mol. The van der Waals surface area contributed by atoms with Gasteiger partial charge in [0.2, 0.25) is 11.6 Å². The third kappa shape index (κ3) is 2.47. The maximum atomic E-state index is 5.63. The molecular formula is C13H13NO3. The number of rotatable bonds is 4. The van der Waals surface area contributed by atoms with Gasteiger partial charge in [0.05, 0.1) is 14.2 Å². The maximum Gasteiger partial charge on any atom is 0.219 e. The fraction of sp³-hybridized carbons (Fsp3) is 0.154. The number of nitrogens with zero attached hydrogens (tertiary/aromatic N) is 1. The Morgan fingerprint density at radius 2 is 1.71 bits per heavy atom. The summed E-state index contributed by atoms with van der Waals surface area (Å²) in [6.07, 6.45) is 1.67. The third-order valence-electron chi connectivity index (χ3n) is 2.22. The molecule has 0 aliphatic heterocycles. The van der Waals surface area contributed by atoms with Crippen molar-refractivity contribution in [2.45, 2.75) is 0 Å². The highest BCUT2D eigenvalue weighted by Crippen LogP contribution is 2.38. The lowest BCUT2D eigenvalue weighted by Crippen LogP contribution is -1.94. The van der Waals surface area contributed by atoms with E-state index in [1.807, 2.05) is 24.3 Å². The highest BCUT2D eigenvalue weighted by molar-refractivity contribution is 5.52. The number of aromatic nitrogens is 1. The number of hydrogen-bond acceptors (Lipinski definition) is 4. The molecule has 2 aromatic rings. The second kappa shape index (κ2) is 5.21. The Kier molecular flexibility index (Phi) is 3.45. The molecule has 0 unspecified atom stereocenters. The summed E-state index contributed by atoms with van der Waals surface area (Å²) in [6, 6.07) is 10.9. The third-order valence-corrected chi connectivity index (χ3v) is 2.22. The maximum absolute atomic E-state index is 5.63. The van der Waals surface area contributed by atoms with Gasteiger partial charge in [0.25, 0.3) is 0 Å². The van der Waals surface area contributed by atoms with Crippen molar-refractivity contribution in [1.29, 1.82) is 0 Å². The zero-order chi connectivity index (χ0) is 12.1. The molecule has 17 heavy (non-hydrogen) atoms. The van der Waals surface area contributed by atoms with Crippen LogP contribution in [-0.2, 0) is 0 Å². The Labute approximate surface area is 99.8 Å². The first kappa shape index (κ1) is 11.3. The number of hydrogen-bond donors (Lipinski definition) is 0. The van der Waals surface area contributed by atoms with E-state index in [1.54, 1.807) is 32.5 Å². The van der Waals surface area contributed by atoms with Gasteiger partial charge in [-0.25, -0.2) is 4.98 Å². The summed E-state index contributed by atoms with van der Waals surface area (Å²) in [6.45, 7) is 0. The van der Waals surface area contributed by atoms with Gasteiger partial charge in [-0.1, -0.05) is 12.1 Å². The van der Waals surface area contributed by atoms with Crippen molar-refractivity contribution in [3.8, 4) is 23.1 Å². The van der Waals surface area contributed by atoms with Crippen molar-refractivity contribution in [2.24, 2.45) is 0 Å². The van der Waals surface area contributed by atoms with Crippen LogP contribution in [0.2, 0.25) is 0 Å². The van der Waals surface area contributed by atoms with Crippen LogP contribution in [0.5, 0.6) is 23.1 Å². The Hall–Kier alpha value is -2.23. The second-order valence-corrected chi connectivity index (χ2v) is 3.26. The molecule has 0 amide bonds. The summed E-state index contributed by atoms with van der Waals surface area (Å²) >= 11 is 0. The van der Waals surface area contributed by atoms with Gasteiger partial charge in [0.1, 0.15) is 0 Å². The lowest BCUT2D eigenvalue weighted by molar-refractivity contribution is 0.334.